The molecule has 124 valence electrons. The van der Waals surface area contributed by atoms with E-state index in [2.05, 4.69) is 0 Å². The molecule has 4 heteroatoms. The Bertz CT molecular complexity index is 784. The third kappa shape index (κ3) is 3.04. The van der Waals surface area contributed by atoms with E-state index in [0.29, 0.717) is 12.2 Å². The number of fused-ring (bicyclic) bond motifs is 1. The van der Waals surface area contributed by atoms with Gasteiger partial charge in [0.1, 0.15) is 5.78 Å². The Balaban J connectivity index is 2.12. The van der Waals surface area contributed by atoms with E-state index in [1.807, 2.05) is 56.3 Å². The second kappa shape index (κ2) is 6.48. The summed E-state index contributed by atoms with van der Waals surface area (Å²) in [6, 6.07) is 13.7. The molecule has 24 heavy (non-hydrogen) atoms. The van der Waals surface area contributed by atoms with Gasteiger partial charge >= 0.3 is 0 Å². The lowest BCUT2D eigenvalue weighted by Gasteiger charge is -2.30. The highest BCUT2D eigenvalue weighted by Crippen LogP contribution is 2.36. The third-order valence-electron chi connectivity index (χ3n) is 4.73. The number of carbonyl (C=O) groups is 2. The van der Waals surface area contributed by atoms with Gasteiger partial charge in [0.25, 0.3) is 0 Å². The molecule has 0 saturated carbocycles. The molecule has 0 bridgehead atoms. The van der Waals surface area contributed by atoms with Gasteiger partial charge in [0, 0.05) is 30.1 Å². The van der Waals surface area contributed by atoms with Gasteiger partial charge in [-0.15, -0.1) is 0 Å². The molecular weight excluding hydrogens is 300 g/mol. The Morgan fingerprint density at radius 2 is 1.83 bits per heavy atom. The van der Waals surface area contributed by atoms with Crippen molar-refractivity contribution in [2.75, 3.05) is 10.6 Å². The van der Waals surface area contributed by atoms with Crippen LogP contribution >= 0.6 is 0 Å². The molecule has 0 fully saturated rings. The van der Waals surface area contributed by atoms with Crippen LogP contribution < -0.4 is 10.6 Å². The number of rotatable bonds is 2. The molecule has 1 aliphatic rings. The van der Waals surface area contributed by atoms with Crippen molar-refractivity contribution in [2.24, 2.45) is 0 Å². The molecule has 4 nitrogen and oxygen atoms in total. The minimum atomic E-state index is -0.255. The van der Waals surface area contributed by atoms with E-state index in [0.717, 1.165) is 22.4 Å². The number of nitrogens with two attached hydrogens (primary N) is 1. The normalized spacial score (nSPS) is 18.1. The molecular formula is C20H22N2O2. The molecule has 0 spiro atoms. The first-order chi connectivity index (χ1) is 11.5. The molecule has 1 atom stereocenters. The second-order valence-electron chi connectivity index (χ2n) is 6.42. The minimum absolute atomic E-state index is 0.0236. The average Bonchev–Trinajstić information content (AvgIpc) is 2.59. The average molecular weight is 322 g/mol. The zero-order valence-electron chi connectivity index (χ0n) is 14.1. The van der Waals surface area contributed by atoms with Crippen LogP contribution in [0.4, 0.5) is 11.4 Å². The Kier molecular flexibility index (Phi) is 4.38. The first kappa shape index (κ1) is 16.2. The smallest absolute Gasteiger partial charge is 0.227 e. The molecule has 2 aromatic carbocycles. The van der Waals surface area contributed by atoms with E-state index >= 15 is 0 Å². The van der Waals surface area contributed by atoms with Crippen LogP contribution in [0.15, 0.2) is 42.5 Å². The predicted molar refractivity (Wildman–Crippen MR) is 95.9 cm³/mol. The summed E-state index contributed by atoms with van der Waals surface area (Å²) < 4.78 is 0. The number of nitrogens with zero attached hydrogens (tertiary/aromatic N) is 1. The Morgan fingerprint density at radius 3 is 2.54 bits per heavy atom. The number of anilines is 2. The molecule has 3 rings (SSSR count). The maximum absolute atomic E-state index is 12.7. The zero-order valence-corrected chi connectivity index (χ0v) is 14.1. The van der Waals surface area contributed by atoms with Gasteiger partial charge in [-0.25, -0.2) is 0 Å². The van der Waals surface area contributed by atoms with Crippen molar-refractivity contribution >= 4 is 23.1 Å². The SMILES string of the molecule is Cc1cc2c(cc1N)C(C)C(=O)CCC(=O)N2Cc1ccccc1. The first-order valence-corrected chi connectivity index (χ1v) is 8.24. The Morgan fingerprint density at radius 1 is 1.12 bits per heavy atom. The summed E-state index contributed by atoms with van der Waals surface area (Å²) in [6.45, 7) is 4.31. The number of hydrogen-bond donors (Lipinski definition) is 1. The molecule has 0 radical (unpaired) electrons. The summed E-state index contributed by atoms with van der Waals surface area (Å²) in [4.78, 5) is 26.8. The van der Waals surface area contributed by atoms with Crippen LogP contribution in [0.2, 0.25) is 0 Å². The van der Waals surface area contributed by atoms with Gasteiger partial charge in [0.2, 0.25) is 5.91 Å². The molecule has 2 aromatic rings. The molecule has 0 aliphatic carbocycles. The highest BCUT2D eigenvalue weighted by atomic mass is 16.2. The van der Waals surface area contributed by atoms with Crippen molar-refractivity contribution in [3.63, 3.8) is 0 Å². The van der Waals surface area contributed by atoms with Gasteiger partial charge < -0.3 is 10.6 Å². The third-order valence-corrected chi connectivity index (χ3v) is 4.73. The number of Topliss-reactive ketones (excluding diaryl/α,β-unsaturated/α-hetero) is 1. The van der Waals surface area contributed by atoms with Crippen molar-refractivity contribution in [1.82, 2.24) is 0 Å². The van der Waals surface area contributed by atoms with E-state index in [-0.39, 0.29) is 30.4 Å². The number of aryl methyl sites for hydroxylation is 1. The summed E-state index contributed by atoms with van der Waals surface area (Å²) in [5.74, 6) is -0.189. The lowest BCUT2D eigenvalue weighted by atomic mass is 9.88. The van der Waals surface area contributed by atoms with Crippen LogP contribution in [-0.2, 0) is 16.1 Å². The molecule has 0 aromatic heterocycles. The van der Waals surface area contributed by atoms with Crippen molar-refractivity contribution < 1.29 is 9.59 Å². The summed E-state index contributed by atoms with van der Waals surface area (Å²) >= 11 is 0. The maximum atomic E-state index is 12.7. The first-order valence-electron chi connectivity index (χ1n) is 8.24. The minimum Gasteiger partial charge on any atom is -0.399 e. The fourth-order valence-electron chi connectivity index (χ4n) is 3.14. The van der Waals surface area contributed by atoms with E-state index in [4.69, 9.17) is 5.73 Å². The van der Waals surface area contributed by atoms with Crippen molar-refractivity contribution in [2.45, 2.75) is 39.2 Å². The van der Waals surface area contributed by atoms with Crippen LogP contribution in [0.25, 0.3) is 0 Å². The Labute approximate surface area is 142 Å². The quantitative estimate of drug-likeness (QED) is 0.860. The molecule has 1 unspecified atom stereocenters. The molecule has 1 aliphatic heterocycles. The molecule has 1 amide bonds. The lowest BCUT2D eigenvalue weighted by molar-refractivity contribution is -0.125. The summed E-state index contributed by atoms with van der Waals surface area (Å²) in [7, 11) is 0. The molecule has 0 saturated heterocycles. The summed E-state index contributed by atoms with van der Waals surface area (Å²) in [6.07, 6.45) is 0.525. The summed E-state index contributed by atoms with van der Waals surface area (Å²) in [5, 5.41) is 0. The fraction of sp³-hybridized carbons (Fsp3) is 0.300. The largest absolute Gasteiger partial charge is 0.399 e. The number of amides is 1. The topological polar surface area (TPSA) is 63.4 Å². The number of nitrogen functional groups attached to an aromatic ring is 1. The zero-order chi connectivity index (χ0) is 17.3. The number of hydrogen-bond acceptors (Lipinski definition) is 3. The molecule has 1 heterocycles. The Hall–Kier alpha value is -2.62. The number of carbonyl (C=O) groups excluding carboxylic acids is 2. The van der Waals surface area contributed by atoms with Crippen LogP contribution in [0, 0.1) is 6.92 Å². The van der Waals surface area contributed by atoms with Gasteiger partial charge in [0.15, 0.2) is 0 Å². The van der Waals surface area contributed by atoms with E-state index in [9.17, 15) is 9.59 Å². The van der Waals surface area contributed by atoms with Crippen LogP contribution in [0.1, 0.15) is 42.4 Å². The second-order valence-corrected chi connectivity index (χ2v) is 6.42. The van der Waals surface area contributed by atoms with E-state index in [1.54, 1.807) is 4.90 Å². The number of benzene rings is 2. The summed E-state index contributed by atoms with van der Waals surface area (Å²) in [5.41, 5.74) is 10.3. The van der Waals surface area contributed by atoms with Crippen molar-refractivity contribution in [3.8, 4) is 0 Å². The van der Waals surface area contributed by atoms with Gasteiger partial charge in [-0.1, -0.05) is 37.3 Å². The standard InChI is InChI=1S/C20H22N2O2/c1-13-10-18-16(11-17(13)21)14(2)19(23)8-9-20(24)22(18)12-15-6-4-3-5-7-15/h3-7,10-11,14H,8-9,12,21H2,1-2H3. The van der Waals surface area contributed by atoms with Crippen LogP contribution in [0.3, 0.4) is 0 Å². The molecule has 2 N–H and O–H groups in total. The monoisotopic (exact) mass is 322 g/mol. The van der Waals surface area contributed by atoms with Gasteiger partial charge in [-0.3, -0.25) is 9.59 Å². The van der Waals surface area contributed by atoms with Crippen LogP contribution in [-0.4, -0.2) is 11.7 Å². The highest BCUT2D eigenvalue weighted by Gasteiger charge is 2.29. The van der Waals surface area contributed by atoms with E-state index in [1.165, 1.54) is 0 Å². The van der Waals surface area contributed by atoms with Crippen molar-refractivity contribution in [1.29, 1.82) is 0 Å². The lowest BCUT2D eigenvalue weighted by Crippen LogP contribution is -2.34. The maximum Gasteiger partial charge on any atom is 0.227 e. The number of ketones is 1. The van der Waals surface area contributed by atoms with Gasteiger partial charge in [-0.2, -0.15) is 0 Å². The van der Waals surface area contributed by atoms with Gasteiger partial charge in [0.05, 0.1) is 6.54 Å². The van der Waals surface area contributed by atoms with Crippen LogP contribution in [0.5, 0.6) is 0 Å². The fourth-order valence-corrected chi connectivity index (χ4v) is 3.14. The highest BCUT2D eigenvalue weighted by molar-refractivity contribution is 6.01. The predicted octanol–water partition coefficient (Wildman–Crippen LogP) is 3.58. The van der Waals surface area contributed by atoms with Gasteiger partial charge in [-0.05, 0) is 35.7 Å². The van der Waals surface area contributed by atoms with E-state index < -0.39 is 0 Å². The van der Waals surface area contributed by atoms with Crippen molar-refractivity contribution in [3.05, 3.63) is 59.2 Å².